The monoisotopic (exact) mass is 270 g/mol. The van der Waals surface area contributed by atoms with Crippen LogP contribution < -0.4 is 4.74 Å². The first-order valence-electron chi connectivity index (χ1n) is 3.42. The molecule has 0 N–H and O–H groups in total. The number of benzene rings is 1. The number of halogens is 4. The molecule has 0 aromatic heterocycles. The predicted octanol–water partition coefficient (Wildman–Crippen LogP) is 3.84. The molecule has 0 saturated carbocycles. The van der Waals surface area contributed by atoms with E-state index in [4.69, 9.17) is 11.6 Å². The van der Waals surface area contributed by atoms with Crippen molar-refractivity contribution in [3.8, 4) is 5.75 Å². The van der Waals surface area contributed by atoms with Gasteiger partial charge in [-0.3, -0.25) is 0 Å². The maximum atomic E-state index is 11.8. The molecule has 1 aromatic rings. The van der Waals surface area contributed by atoms with E-state index in [0.717, 1.165) is 5.56 Å². The van der Waals surface area contributed by atoms with Gasteiger partial charge in [-0.25, -0.2) is 0 Å². The largest absolute Gasteiger partial charge is 0.433 e. The molecule has 1 aromatic carbocycles. The molecule has 0 fully saturated rings. The van der Waals surface area contributed by atoms with Gasteiger partial charge in [0, 0.05) is 5.33 Å². The average Bonchev–Trinajstić information content (AvgIpc) is 2.08. The fraction of sp³-hybridized carbons (Fsp3) is 0.250. The SMILES string of the molecule is FC(F)Oc1cc(CBr)ccc1Cl. The minimum absolute atomic E-state index is 0.00798. The molecule has 0 saturated heterocycles. The van der Waals surface area contributed by atoms with Crippen LogP contribution in [0.2, 0.25) is 5.02 Å². The highest BCUT2D eigenvalue weighted by atomic mass is 79.9. The molecule has 72 valence electrons. The summed E-state index contributed by atoms with van der Waals surface area (Å²) < 4.78 is 27.9. The van der Waals surface area contributed by atoms with Crippen molar-refractivity contribution >= 4 is 27.5 Å². The molecule has 0 aliphatic heterocycles. The Morgan fingerprint density at radius 1 is 1.46 bits per heavy atom. The quantitative estimate of drug-likeness (QED) is 0.759. The number of hydrogen-bond donors (Lipinski definition) is 0. The third-order valence-corrected chi connectivity index (χ3v) is 2.33. The van der Waals surface area contributed by atoms with Crippen LogP contribution in [0.5, 0.6) is 5.75 Å². The van der Waals surface area contributed by atoms with E-state index in [1.54, 1.807) is 6.07 Å². The normalized spacial score (nSPS) is 10.5. The van der Waals surface area contributed by atoms with Crippen LogP contribution in [0.25, 0.3) is 0 Å². The Hall–Kier alpha value is -0.350. The summed E-state index contributed by atoms with van der Waals surface area (Å²) in [5, 5.41) is 0.758. The topological polar surface area (TPSA) is 9.23 Å². The van der Waals surface area contributed by atoms with Crippen LogP contribution in [-0.4, -0.2) is 6.61 Å². The summed E-state index contributed by atoms with van der Waals surface area (Å²) in [4.78, 5) is 0. The summed E-state index contributed by atoms with van der Waals surface area (Å²) in [5.74, 6) is 0.00798. The Kier molecular flexibility index (Phi) is 3.93. The number of rotatable bonds is 3. The molecule has 0 unspecified atom stereocenters. The van der Waals surface area contributed by atoms with Gasteiger partial charge in [0.25, 0.3) is 0 Å². The van der Waals surface area contributed by atoms with Gasteiger partial charge in [0.1, 0.15) is 5.75 Å². The molecule has 0 radical (unpaired) electrons. The molecular formula is C8H6BrClF2O. The average molecular weight is 271 g/mol. The van der Waals surface area contributed by atoms with Crippen LogP contribution in [-0.2, 0) is 5.33 Å². The second kappa shape index (κ2) is 4.77. The van der Waals surface area contributed by atoms with Crippen LogP contribution in [0.3, 0.4) is 0 Å². The summed E-state index contributed by atoms with van der Waals surface area (Å²) in [6, 6.07) is 4.73. The maximum Gasteiger partial charge on any atom is 0.387 e. The highest BCUT2D eigenvalue weighted by Crippen LogP contribution is 2.27. The third kappa shape index (κ3) is 3.12. The molecule has 0 aliphatic rings. The van der Waals surface area contributed by atoms with Crippen molar-refractivity contribution < 1.29 is 13.5 Å². The fourth-order valence-electron chi connectivity index (χ4n) is 0.817. The Balaban J connectivity index is 2.90. The number of ether oxygens (including phenoxy) is 1. The van der Waals surface area contributed by atoms with Crippen molar-refractivity contribution in [2.24, 2.45) is 0 Å². The molecule has 0 amide bonds. The van der Waals surface area contributed by atoms with Crippen LogP contribution in [0.15, 0.2) is 18.2 Å². The maximum absolute atomic E-state index is 11.8. The smallest absolute Gasteiger partial charge is 0.387 e. The molecule has 13 heavy (non-hydrogen) atoms. The Labute approximate surface area is 87.8 Å². The lowest BCUT2D eigenvalue weighted by Crippen LogP contribution is -2.02. The summed E-state index contributed by atoms with van der Waals surface area (Å²) in [5.41, 5.74) is 0.833. The molecule has 0 spiro atoms. The lowest BCUT2D eigenvalue weighted by molar-refractivity contribution is -0.0498. The Bertz CT molecular complexity index is 293. The minimum atomic E-state index is -2.84. The van der Waals surface area contributed by atoms with E-state index >= 15 is 0 Å². The second-order valence-electron chi connectivity index (χ2n) is 2.28. The third-order valence-electron chi connectivity index (χ3n) is 1.37. The van der Waals surface area contributed by atoms with Crippen LogP contribution in [0.4, 0.5) is 8.78 Å². The van der Waals surface area contributed by atoms with Gasteiger partial charge in [0.2, 0.25) is 0 Å². The van der Waals surface area contributed by atoms with E-state index in [9.17, 15) is 8.78 Å². The summed E-state index contributed by atoms with van der Waals surface area (Å²) in [6.07, 6.45) is 0. The molecule has 5 heteroatoms. The summed E-state index contributed by atoms with van der Waals surface area (Å²) in [6.45, 7) is -2.84. The van der Waals surface area contributed by atoms with E-state index < -0.39 is 6.61 Å². The minimum Gasteiger partial charge on any atom is -0.433 e. The molecule has 0 atom stereocenters. The molecule has 1 rings (SSSR count). The lowest BCUT2D eigenvalue weighted by atomic mass is 10.2. The van der Waals surface area contributed by atoms with Gasteiger partial charge in [0.05, 0.1) is 5.02 Å². The van der Waals surface area contributed by atoms with Gasteiger partial charge in [0.15, 0.2) is 0 Å². The standard InChI is InChI=1S/C8H6BrClF2O/c9-4-5-1-2-6(10)7(3-5)13-8(11)12/h1-3,8H,4H2. The van der Waals surface area contributed by atoms with Gasteiger partial charge < -0.3 is 4.74 Å². The molecule has 0 aliphatic carbocycles. The highest BCUT2D eigenvalue weighted by molar-refractivity contribution is 9.08. The first-order chi connectivity index (χ1) is 6.13. The molecular weight excluding hydrogens is 265 g/mol. The molecule has 0 bridgehead atoms. The summed E-state index contributed by atoms with van der Waals surface area (Å²) >= 11 is 8.82. The number of alkyl halides is 3. The molecule has 1 nitrogen and oxygen atoms in total. The zero-order valence-electron chi connectivity index (χ0n) is 6.44. The van der Waals surface area contributed by atoms with Crippen molar-refractivity contribution in [1.29, 1.82) is 0 Å². The van der Waals surface area contributed by atoms with Crippen LogP contribution >= 0.6 is 27.5 Å². The zero-order valence-corrected chi connectivity index (χ0v) is 8.78. The lowest BCUT2D eigenvalue weighted by Gasteiger charge is -2.07. The van der Waals surface area contributed by atoms with Crippen molar-refractivity contribution in [1.82, 2.24) is 0 Å². The van der Waals surface area contributed by atoms with E-state index in [1.807, 2.05) is 0 Å². The van der Waals surface area contributed by atoms with Crippen molar-refractivity contribution in [2.45, 2.75) is 11.9 Å². The van der Waals surface area contributed by atoms with Crippen LogP contribution in [0.1, 0.15) is 5.56 Å². The van der Waals surface area contributed by atoms with Gasteiger partial charge in [-0.2, -0.15) is 8.78 Å². The van der Waals surface area contributed by atoms with Gasteiger partial charge in [-0.15, -0.1) is 0 Å². The Morgan fingerprint density at radius 2 is 2.15 bits per heavy atom. The van der Waals surface area contributed by atoms with Crippen molar-refractivity contribution in [3.05, 3.63) is 28.8 Å². The van der Waals surface area contributed by atoms with E-state index in [-0.39, 0.29) is 10.8 Å². The van der Waals surface area contributed by atoms with Crippen molar-refractivity contribution in [2.75, 3.05) is 0 Å². The zero-order chi connectivity index (χ0) is 9.84. The van der Waals surface area contributed by atoms with Gasteiger partial charge >= 0.3 is 6.61 Å². The van der Waals surface area contributed by atoms with Gasteiger partial charge in [-0.1, -0.05) is 33.6 Å². The number of hydrogen-bond acceptors (Lipinski definition) is 1. The van der Waals surface area contributed by atoms with Gasteiger partial charge in [-0.05, 0) is 17.7 Å². The second-order valence-corrected chi connectivity index (χ2v) is 3.24. The molecule has 0 heterocycles. The van der Waals surface area contributed by atoms with Crippen LogP contribution in [0, 0.1) is 0 Å². The Morgan fingerprint density at radius 3 is 2.69 bits per heavy atom. The van der Waals surface area contributed by atoms with Crippen molar-refractivity contribution in [3.63, 3.8) is 0 Å². The van der Waals surface area contributed by atoms with E-state index in [0.29, 0.717) is 5.33 Å². The van der Waals surface area contributed by atoms with E-state index in [1.165, 1.54) is 12.1 Å². The fourth-order valence-corrected chi connectivity index (χ4v) is 1.33. The predicted molar refractivity (Wildman–Crippen MR) is 50.7 cm³/mol. The summed E-state index contributed by atoms with van der Waals surface area (Å²) in [7, 11) is 0. The van der Waals surface area contributed by atoms with E-state index in [2.05, 4.69) is 20.7 Å². The highest BCUT2D eigenvalue weighted by Gasteiger charge is 2.08. The first-order valence-corrected chi connectivity index (χ1v) is 4.92. The first kappa shape index (κ1) is 10.7.